The van der Waals surface area contributed by atoms with Gasteiger partial charge in [-0.05, 0) is 119 Å². The van der Waals surface area contributed by atoms with E-state index in [1.807, 2.05) is 0 Å². The van der Waals surface area contributed by atoms with Gasteiger partial charge in [-0.3, -0.25) is 14.9 Å². The summed E-state index contributed by atoms with van der Waals surface area (Å²) >= 11 is 0. The van der Waals surface area contributed by atoms with E-state index in [1.54, 1.807) is 12.3 Å². The number of aromatic nitrogens is 2. The van der Waals surface area contributed by atoms with Gasteiger partial charge in [0.15, 0.2) is 0 Å². The highest BCUT2D eigenvalue weighted by Gasteiger charge is 2.56. The summed E-state index contributed by atoms with van der Waals surface area (Å²) < 4.78 is 0. The van der Waals surface area contributed by atoms with Gasteiger partial charge in [-0.2, -0.15) is 4.98 Å². The van der Waals surface area contributed by atoms with Gasteiger partial charge in [0.05, 0.1) is 10.8 Å². The van der Waals surface area contributed by atoms with Crippen LogP contribution in [0.25, 0.3) is 0 Å². The third-order valence-electron chi connectivity index (χ3n) is 10.2. The standard InChI is InChI=1S/C26H34N4O2/c31-22(25-9-15-3-16(10-25)5-17(4-15)11-25)28-21-1-2-27-24(29-21)30-23(32)26-12-18-6-19(13-26)8-20(7-18)14-26/h1-2,15-20H,3-14H2,(H2,27,28,29,30,31,32). The zero-order valence-corrected chi connectivity index (χ0v) is 18.8. The van der Waals surface area contributed by atoms with Gasteiger partial charge in [0.2, 0.25) is 17.8 Å². The van der Waals surface area contributed by atoms with Crippen LogP contribution < -0.4 is 10.6 Å². The van der Waals surface area contributed by atoms with Crippen molar-refractivity contribution in [2.24, 2.45) is 46.3 Å². The van der Waals surface area contributed by atoms with Crippen molar-refractivity contribution in [2.75, 3.05) is 10.6 Å². The van der Waals surface area contributed by atoms with Crippen molar-refractivity contribution in [3.63, 3.8) is 0 Å². The molecule has 2 amide bonds. The van der Waals surface area contributed by atoms with Crippen molar-refractivity contribution in [3.05, 3.63) is 12.3 Å². The molecule has 0 atom stereocenters. The number of rotatable bonds is 4. The van der Waals surface area contributed by atoms with E-state index in [9.17, 15) is 9.59 Å². The summed E-state index contributed by atoms with van der Waals surface area (Å²) in [4.78, 5) is 35.6. The quantitative estimate of drug-likeness (QED) is 0.714. The second kappa shape index (κ2) is 6.77. The SMILES string of the molecule is O=C(Nc1ccnc(NC(=O)C23CC4CC(CC(C4)C2)C3)n1)C12CC3CC(CC(C3)C1)C2. The maximum Gasteiger partial charge on any atom is 0.232 e. The molecule has 0 aliphatic heterocycles. The second-order valence-corrected chi connectivity index (χ2v) is 12.6. The maximum absolute atomic E-state index is 13.4. The Morgan fingerprint density at radius 1 is 0.688 bits per heavy atom. The fourth-order valence-electron chi connectivity index (χ4n) is 9.75. The summed E-state index contributed by atoms with van der Waals surface area (Å²) in [6, 6.07) is 1.75. The molecule has 6 heteroatoms. The number of carbonyl (C=O) groups excluding carboxylic acids is 2. The summed E-state index contributed by atoms with van der Waals surface area (Å²) in [5, 5.41) is 6.14. The maximum atomic E-state index is 13.4. The molecule has 1 aromatic rings. The topological polar surface area (TPSA) is 84.0 Å². The molecule has 1 heterocycles. The highest BCUT2D eigenvalue weighted by atomic mass is 16.2. The van der Waals surface area contributed by atoms with Gasteiger partial charge < -0.3 is 5.32 Å². The first kappa shape index (κ1) is 19.5. The molecule has 6 nitrogen and oxygen atoms in total. The molecule has 8 fully saturated rings. The third-order valence-corrected chi connectivity index (χ3v) is 10.2. The largest absolute Gasteiger partial charge is 0.310 e. The number of anilines is 2. The lowest BCUT2D eigenvalue weighted by atomic mass is 9.49. The zero-order chi connectivity index (χ0) is 21.5. The average Bonchev–Trinajstić information content (AvgIpc) is 2.72. The first-order valence-electron chi connectivity index (χ1n) is 12.9. The number of hydrogen-bond donors (Lipinski definition) is 2. The molecule has 8 aliphatic carbocycles. The van der Waals surface area contributed by atoms with Crippen molar-refractivity contribution in [2.45, 2.75) is 77.0 Å². The van der Waals surface area contributed by atoms with Crippen LogP contribution in [0.1, 0.15) is 77.0 Å². The predicted octanol–water partition coefficient (Wildman–Crippen LogP) is 4.79. The molecule has 0 unspecified atom stereocenters. The molecular weight excluding hydrogens is 400 g/mol. The van der Waals surface area contributed by atoms with Crippen LogP contribution in [0.15, 0.2) is 12.3 Å². The second-order valence-electron chi connectivity index (χ2n) is 12.6. The molecule has 8 saturated carbocycles. The lowest BCUT2D eigenvalue weighted by Gasteiger charge is -2.55. The molecule has 0 radical (unpaired) electrons. The molecule has 9 rings (SSSR count). The number of nitrogens with one attached hydrogen (secondary N) is 2. The Morgan fingerprint density at radius 3 is 1.53 bits per heavy atom. The van der Waals surface area contributed by atoms with E-state index < -0.39 is 0 Å². The Kier molecular flexibility index (Phi) is 4.12. The van der Waals surface area contributed by atoms with Crippen LogP contribution in [0, 0.1) is 46.3 Å². The van der Waals surface area contributed by atoms with E-state index in [0.29, 0.717) is 11.8 Å². The normalized spacial score (nSPS) is 45.1. The molecule has 8 aliphatic rings. The highest BCUT2D eigenvalue weighted by Crippen LogP contribution is 2.61. The molecule has 1 aromatic heterocycles. The Bertz CT molecular complexity index is 829. The lowest BCUT2D eigenvalue weighted by molar-refractivity contribution is -0.140. The van der Waals surface area contributed by atoms with Gasteiger partial charge in [0, 0.05) is 6.20 Å². The van der Waals surface area contributed by atoms with E-state index in [4.69, 9.17) is 0 Å². The van der Waals surface area contributed by atoms with Crippen LogP contribution in [-0.4, -0.2) is 21.8 Å². The van der Waals surface area contributed by atoms with Crippen LogP contribution in [-0.2, 0) is 9.59 Å². The van der Waals surface area contributed by atoms with E-state index in [1.165, 1.54) is 38.5 Å². The molecule has 0 saturated heterocycles. The van der Waals surface area contributed by atoms with Gasteiger partial charge in [0.25, 0.3) is 0 Å². The minimum atomic E-state index is -0.226. The molecule has 8 bridgehead atoms. The van der Waals surface area contributed by atoms with Gasteiger partial charge in [-0.25, -0.2) is 4.98 Å². The first-order chi connectivity index (χ1) is 15.5. The number of nitrogens with zero attached hydrogens (tertiary/aromatic N) is 2. The number of hydrogen-bond acceptors (Lipinski definition) is 4. The number of amides is 2. The van der Waals surface area contributed by atoms with Gasteiger partial charge in [-0.15, -0.1) is 0 Å². The molecule has 2 N–H and O–H groups in total. The van der Waals surface area contributed by atoms with Crippen LogP contribution in [0.5, 0.6) is 0 Å². The summed E-state index contributed by atoms with van der Waals surface area (Å²) in [7, 11) is 0. The molecule has 0 spiro atoms. The molecule has 170 valence electrons. The van der Waals surface area contributed by atoms with E-state index >= 15 is 0 Å². The van der Waals surface area contributed by atoms with Crippen molar-refractivity contribution in [3.8, 4) is 0 Å². The minimum Gasteiger partial charge on any atom is -0.310 e. The number of carbonyl (C=O) groups is 2. The minimum absolute atomic E-state index is 0.0983. The van der Waals surface area contributed by atoms with Gasteiger partial charge >= 0.3 is 0 Å². The van der Waals surface area contributed by atoms with Gasteiger partial charge in [0.1, 0.15) is 5.82 Å². The Morgan fingerprint density at radius 2 is 1.09 bits per heavy atom. The third kappa shape index (κ3) is 3.04. The monoisotopic (exact) mass is 434 g/mol. The van der Waals surface area contributed by atoms with Crippen molar-refractivity contribution in [1.82, 2.24) is 9.97 Å². The highest BCUT2D eigenvalue weighted by molar-refractivity contribution is 5.96. The van der Waals surface area contributed by atoms with Crippen molar-refractivity contribution >= 4 is 23.6 Å². The van der Waals surface area contributed by atoms with Crippen LogP contribution in [0.3, 0.4) is 0 Å². The fourth-order valence-corrected chi connectivity index (χ4v) is 9.75. The van der Waals surface area contributed by atoms with E-state index in [-0.39, 0.29) is 22.6 Å². The smallest absolute Gasteiger partial charge is 0.232 e. The summed E-state index contributed by atoms with van der Waals surface area (Å²) in [5.41, 5.74) is -0.432. The van der Waals surface area contributed by atoms with Crippen LogP contribution in [0.2, 0.25) is 0 Å². The summed E-state index contributed by atoms with van der Waals surface area (Å²) in [6.45, 7) is 0. The van der Waals surface area contributed by atoms with Crippen LogP contribution >= 0.6 is 0 Å². The summed E-state index contributed by atoms with van der Waals surface area (Å²) in [6.07, 6.45) is 15.7. The van der Waals surface area contributed by atoms with Crippen LogP contribution in [0.4, 0.5) is 11.8 Å². The summed E-state index contributed by atoms with van der Waals surface area (Å²) in [5.74, 6) is 5.43. The van der Waals surface area contributed by atoms with Crippen molar-refractivity contribution in [1.29, 1.82) is 0 Å². The predicted molar refractivity (Wildman–Crippen MR) is 121 cm³/mol. The average molecular weight is 435 g/mol. The first-order valence-corrected chi connectivity index (χ1v) is 12.9. The molecular formula is C26H34N4O2. The molecule has 32 heavy (non-hydrogen) atoms. The molecule has 0 aromatic carbocycles. The Labute approximate surface area is 189 Å². The van der Waals surface area contributed by atoms with E-state index in [2.05, 4.69) is 20.6 Å². The zero-order valence-electron chi connectivity index (χ0n) is 18.8. The fraction of sp³-hybridized carbons (Fsp3) is 0.769. The Hall–Kier alpha value is -1.98. The van der Waals surface area contributed by atoms with Gasteiger partial charge in [-0.1, -0.05) is 0 Å². The van der Waals surface area contributed by atoms with Crippen molar-refractivity contribution < 1.29 is 9.59 Å². The van der Waals surface area contributed by atoms with E-state index in [0.717, 1.165) is 74.0 Å². The lowest BCUT2D eigenvalue weighted by Crippen LogP contribution is -2.52. The Balaban J connectivity index is 1.06.